The molecule has 0 aliphatic carbocycles. The SMILES string of the molecule is Nc1ccn(CCCBr)c(=O)n1. The molecule has 4 nitrogen and oxygen atoms in total. The normalized spacial score (nSPS) is 10.1. The number of aromatic nitrogens is 2. The summed E-state index contributed by atoms with van der Waals surface area (Å²) in [6.45, 7) is 0.678. The van der Waals surface area contributed by atoms with Crippen LogP contribution in [0.3, 0.4) is 0 Å². The van der Waals surface area contributed by atoms with Crippen LogP contribution < -0.4 is 11.4 Å². The molecule has 66 valence electrons. The first-order valence-electron chi connectivity index (χ1n) is 3.63. The van der Waals surface area contributed by atoms with Gasteiger partial charge in [0, 0.05) is 18.1 Å². The summed E-state index contributed by atoms with van der Waals surface area (Å²) in [6.07, 6.45) is 2.57. The van der Waals surface area contributed by atoms with Gasteiger partial charge in [0.2, 0.25) is 0 Å². The summed E-state index contributed by atoms with van der Waals surface area (Å²) >= 11 is 3.29. The minimum atomic E-state index is -0.282. The predicted octanol–water partition coefficient (Wildman–Crippen LogP) is 0.610. The van der Waals surface area contributed by atoms with E-state index in [0.29, 0.717) is 6.54 Å². The number of rotatable bonds is 3. The lowest BCUT2D eigenvalue weighted by atomic mass is 10.4. The number of halogens is 1. The molecule has 12 heavy (non-hydrogen) atoms. The maximum Gasteiger partial charge on any atom is 0.349 e. The van der Waals surface area contributed by atoms with Gasteiger partial charge in [0.05, 0.1) is 0 Å². The van der Waals surface area contributed by atoms with Crippen LogP contribution in [0.15, 0.2) is 17.1 Å². The molecule has 0 unspecified atom stereocenters. The van der Waals surface area contributed by atoms with Crippen molar-refractivity contribution in [1.82, 2.24) is 9.55 Å². The van der Waals surface area contributed by atoms with Crippen molar-refractivity contribution < 1.29 is 0 Å². The highest BCUT2D eigenvalue weighted by molar-refractivity contribution is 9.09. The maximum atomic E-state index is 11.1. The standard InChI is InChI=1S/C7H10BrN3O/c8-3-1-4-11-5-2-6(9)10-7(11)12/h2,5H,1,3-4H2,(H2,9,10,12). The van der Waals surface area contributed by atoms with E-state index >= 15 is 0 Å². The van der Waals surface area contributed by atoms with Gasteiger partial charge in [0.1, 0.15) is 5.82 Å². The minimum Gasteiger partial charge on any atom is -0.383 e. The molecule has 0 spiro atoms. The van der Waals surface area contributed by atoms with Gasteiger partial charge >= 0.3 is 5.69 Å². The van der Waals surface area contributed by atoms with Crippen LogP contribution in [0.1, 0.15) is 6.42 Å². The molecule has 0 bridgehead atoms. The summed E-state index contributed by atoms with van der Waals surface area (Å²) in [5.74, 6) is 0.273. The van der Waals surface area contributed by atoms with Crippen molar-refractivity contribution in [1.29, 1.82) is 0 Å². The zero-order valence-corrected chi connectivity index (χ0v) is 8.12. The van der Waals surface area contributed by atoms with Crippen molar-refractivity contribution in [3.05, 3.63) is 22.7 Å². The molecule has 5 heteroatoms. The van der Waals surface area contributed by atoms with Crippen molar-refractivity contribution in [3.63, 3.8) is 0 Å². The number of hydrogen-bond donors (Lipinski definition) is 1. The Bertz CT molecular complexity index is 310. The van der Waals surface area contributed by atoms with E-state index in [1.54, 1.807) is 12.3 Å². The number of nitrogens with two attached hydrogens (primary N) is 1. The molecule has 0 radical (unpaired) electrons. The average Bonchev–Trinajstić information content (AvgIpc) is 2.03. The van der Waals surface area contributed by atoms with Gasteiger partial charge in [-0.05, 0) is 12.5 Å². The summed E-state index contributed by atoms with van der Waals surface area (Å²) < 4.78 is 1.54. The van der Waals surface area contributed by atoms with Gasteiger partial charge in [-0.3, -0.25) is 4.57 Å². The van der Waals surface area contributed by atoms with E-state index in [9.17, 15) is 4.79 Å². The summed E-state index contributed by atoms with van der Waals surface area (Å²) in [5.41, 5.74) is 5.04. The Kier molecular flexibility index (Phi) is 3.28. The summed E-state index contributed by atoms with van der Waals surface area (Å²) in [7, 11) is 0. The van der Waals surface area contributed by atoms with Crippen LogP contribution >= 0.6 is 15.9 Å². The molecule has 0 amide bonds. The lowest BCUT2D eigenvalue weighted by Crippen LogP contribution is -2.23. The molecule has 1 aromatic rings. The molecule has 0 saturated carbocycles. The number of nitrogen functional groups attached to an aromatic ring is 1. The van der Waals surface area contributed by atoms with Crippen LogP contribution in [-0.4, -0.2) is 14.9 Å². The van der Waals surface area contributed by atoms with Crippen molar-refractivity contribution in [3.8, 4) is 0 Å². The highest BCUT2D eigenvalue weighted by Crippen LogP contribution is 1.93. The van der Waals surface area contributed by atoms with Crippen LogP contribution in [0.2, 0.25) is 0 Å². The lowest BCUT2D eigenvalue weighted by molar-refractivity contribution is 0.642. The maximum absolute atomic E-state index is 11.1. The third-order valence-electron chi connectivity index (χ3n) is 1.43. The third kappa shape index (κ3) is 2.34. The second-order valence-electron chi connectivity index (χ2n) is 2.37. The third-order valence-corrected chi connectivity index (χ3v) is 1.99. The fourth-order valence-electron chi connectivity index (χ4n) is 0.842. The van der Waals surface area contributed by atoms with Gasteiger partial charge in [0.25, 0.3) is 0 Å². The van der Waals surface area contributed by atoms with Crippen LogP contribution in [-0.2, 0) is 6.54 Å². The van der Waals surface area contributed by atoms with E-state index in [1.807, 2.05) is 0 Å². The molecule has 0 fully saturated rings. The largest absolute Gasteiger partial charge is 0.383 e. The average molecular weight is 232 g/mol. The smallest absolute Gasteiger partial charge is 0.349 e. The van der Waals surface area contributed by atoms with Gasteiger partial charge in [-0.1, -0.05) is 15.9 Å². The Morgan fingerprint density at radius 3 is 3.00 bits per heavy atom. The molecule has 0 aliphatic heterocycles. The second-order valence-corrected chi connectivity index (χ2v) is 3.16. The molecule has 1 rings (SSSR count). The van der Waals surface area contributed by atoms with Crippen LogP contribution in [0.5, 0.6) is 0 Å². The van der Waals surface area contributed by atoms with Crippen molar-refractivity contribution >= 4 is 21.7 Å². The fraction of sp³-hybridized carbons (Fsp3) is 0.429. The van der Waals surface area contributed by atoms with Gasteiger partial charge in [-0.25, -0.2) is 4.79 Å². The van der Waals surface area contributed by atoms with Gasteiger partial charge < -0.3 is 5.73 Å². The Morgan fingerprint density at radius 1 is 1.67 bits per heavy atom. The molecule has 2 N–H and O–H groups in total. The van der Waals surface area contributed by atoms with Crippen LogP contribution in [0, 0.1) is 0 Å². The monoisotopic (exact) mass is 231 g/mol. The summed E-state index contributed by atoms with van der Waals surface area (Å²) in [6, 6.07) is 1.62. The van der Waals surface area contributed by atoms with Crippen LogP contribution in [0.4, 0.5) is 5.82 Å². The summed E-state index contributed by atoms with van der Waals surface area (Å²) in [5, 5.41) is 0.879. The molecular formula is C7H10BrN3O. The van der Waals surface area contributed by atoms with Gasteiger partial charge in [-0.15, -0.1) is 0 Å². The van der Waals surface area contributed by atoms with E-state index in [0.717, 1.165) is 11.8 Å². The van der Waals surface area contributed by atoms with Gasteiger partial charge in [-0.2, -0.15) is 4.98 Å². The number of anilines is 1. The number of nitrogens with zero attached hydrogens (tertiary/aromatic N) is 2. The molecule has 0 aromatic carbocycles. The molecule has 0 saturated heterocycles. The number of alkyl halides is 1. The van der Waals surface area contributed by atoms with Crippen molar-refractivity contribution in [2.45, 2.75) is 13.0 Å². The first-order valence-corrected chi connectivity index (χ1v) is 4.75. The van der Waals surface area contributed by atoms with Gasteiger partial charge in [0.15, 0.2) is 0 Å². The first kappa shape index (κ1) is 9.25. The van der Waals surface area contributed by atoms with Crippen molar-refractivity contribution in [2.75, 3.05) is 11.1 Å². The van der Waals surface area contributed by atoms with Crippen LogP contribution in [0.25, 0.3) is 0 Å². The van der Waals surface area contributed by atoms with E-state index in [4.69, 9.17) is 5.73 Å². The molecule has 0 atom stereocenters. The van der Waals surface area contributed by atoms with Crippen molar-refractivity contribution in [2.24, 2.45) is 0 Å². The zero-order valence-electron chi connectivity index (χ0n) is 6.53. The Morgan fingerprint density at radius 2 is 2.42 bits per heavy atom. The summed E-state index contributed by atoms with van der Waals surface area (Å²) in [4.78, 5) is 14.7. The van der Waals surface area contributed by atoms with E-state index in [2.05, 4.69) is 20.9 Å². The first-order chi connectivity index (χ1) is 5.74. The highest BCUT2D eigenvalue weighted by Gasteiger charge is 1.95. The molecule has 1 aromatic heterocycles. The molecule has 1 heterocycles. The second kappa shape index (κ2) is 4.25. The number of hydrogen-bond acceptors (Lipinski definition) is 3. The highest BCUT2D eigenvalue weighted by atomic mass is 79.9. The van der Waals surface area contributed by atoms with E-state index in [1.165, 1.54) is 4.57 Å². The zero-order chi connectivity index (χ0) is 8.97. The Labute approximate surface area is 78.5 Å². The van der Waals surface area contributed by atoms with E-state index in [-0.39, 0.29) is 11.5 Å². The minimum absolute atomic E-state index is 0.273. The van der Waals surface area contributed by atoms with E-state index < -0.39 is 0 Å². The number of aryl methyl sites for hydroxylation is 1. The molecular weight excluding hydrogens is 222 g/mol. The topological polar surface area (TPSA) is 60.9 Å². The predicted molar refractivity (Wildman–Crippen MR) is 51.3 cm³/mol. The Balaban J connectivity index is 2.80. The Hall–Kier alpha value is -0.840. The lowest BCUT2D eigenvalue weighted by Gasteiger charge is -2.01. The fourth-order valence-corrected chi connectivity index (χ4v) is 1.09. The quantitative estimate of drug-likeness (QED) is 0.776. The molecule has 0 aliphatic rings.